The lowest BCUT2D eigenvalue weighted by Gasteiger charge is -2.17. The van der Waals surface area contributed by atoms with Crippen molar-refractivity contribution in [3.05, 3.63) is 60.3 Å². The van der Waals surface area contributed by atoms with Crippen LogP contribution in [0.3, 0.4) is 0 Å². The average molecular weight is 423 g/mol. The number of nitrogens with two attached hydrogens (primary N) is 1. The van der Waals surface area contributed by atoms with Crippen molar-refractivity contribution in [2.75, 3.05) is 5.32 Å². The summed E-state index contributed by atoms with van der Waals surface area (Å²) in [6.07, 6.45) is 7.39. The summed E-state index contributed by atoms with van der Waals surface area (Å²) in [7, 11) is 0. The molecule has 0 saturated heterocycles. The molecule has 0 radical (unpaired) electrons. The van der Waals surface area contributed by atoms with Crippen molar-refractivity contribution < 1.29 is 9.59 Å². The van der Waals surface area contributed by atoms with Crippen molar-refractivity contribution in [1.29, 1.82) is 0 Å². The Morgan fingerprint density at radius 2 is 1.83 bits per heavy atom. The van der Waals surface area contributed by atoms with Crippen molar-refractivity contribution >= 4 is 40.3 Å². The summed E-state index contributed by atoms with van der Waals surface area (Å²) in [5.74, 6) is -0.296. The number of carbonyl (C=O) groups excluding carboxylic acids is 2. The molecule has 156 valence electrons. The zero-order valence-electron chi connectivity index (χ0n) is 16.7. The molecule has 1 aliphatic carbocycles. The first-order valence-electron chi connectivity index (χ1n) is 10.3. The molecular weight excluding hydrogens is 396 g/mol. The van der Waals surface area contributed by atoms with E-state index in [4.69, 9.17) is 5.73 Å². The van der Waals surface area contributed by atoms with Crippen molar-refractivity contribution in [2.24, 2.45) is 5.73 Å². The Balaban J connectivity index is 1.43. The minimum absolute atomic E-state index is 0.296. The summed E-state index contributed by atoms with van der Waals surface area (Å²) in [5.41, 5.74) is 7.96. The fourth-order valence-electron chi connectivity index (χ4n) is 3.95. The van der Waals surface area contributed by atoms with Crippen LogP contribution < -0.4 is 16.4 Å². The van der Waals surface area contributed by atoms with Gasteiger partial charge >= 0.3 is 6.03 Å². The normalized spacial score (nSPS) is 15.2. The molecule has 0 aliphatic heterocycles. The van der Waals surface area contributed by atoms with Crippen molar-refractivity contribution in [1.82, 2.24) is 10.3 Å². The second kappa shape index (κ2) is 9.26. The standard InChI is InChI=1S/C23H26N4O2S/c24-23(29)27-21(13-15-14-25-20-8-4-3-7-19(15)20)22(28)26-16-9-11-18(12-10-16)30-17-5-1-2-6-17/h3-4,7-12,14,17,21,25H,1-2,5-6,13H2,(H,26,28)(H3,24,27,29)/t21-/m1/s1. The van der Waals surface area contributed by atoms with Crippen molar-refractivity contribution in [3.8, 4) is 0 Å². The smallest absolute Gasteiger partial charge is 0.312 e. The number of fused-ring (bicyclic) bond motifs is 1. The van der Waals surface area contributed by atoms with Gasteiger partial charge in [-0.05, 0) is 48.7 Å². The second-order valence-corrected chi connectivity index (χ2v) is 9.04. The molecular formula is C23H26N4O2S. The predicted octanol–water partition coefficient (Wildman–Crippen LogP) is 4.42. The second-order valence-electron chi connectivity index (χ2n) is 7.66. The maximum absolute atomic E-state index is 12.9. The fourth-order valence-corrected chi connectivity index (χ4v) is 5.19. The van der Waals surface area contributed by atoms with E-state index < -0.39 is 12.1 Å². The van der Waals surface area contributed by atoms with Gasteiger partial charge in [-0.25, -0.2) is 4.79 Å². The minimum atomic E-state index is -0.769. The topological polar surface area (TPSA) is 100 Å². The number of urea groups is 1. The Morgan fingerprint density at radius 3 is 2.57 bits per heavy atom. The predicted molar refractivity (Wildman–Crippen MR) is 122 cm³/mol. The largest absolute Gasteiger partial charge is 0.361 e. The van der Waals surface area contributed by atoms with Gasteiger partial charge in [-0.3, -0.25) is 4.79 Å². The summed E-state index contributed by atoms with van der Waals surface area (Å²) in [5, 5.41) is 7.19. The van der Waals surface area contributed by atoms with E-state index in [-0.39, 0.29) is 5.91 Å². The number of amides is 3. The molecule has 1 fully saturated rings. The number of hydrogen-bond donors (Lipinski definition) is 4. The molecule has 30 heavy (non-hydrogen) atoms. The molecule has 4 rings (SSSR count). The van der Waals surface area contributed by atoms with E-state index >= 15 is 0 Å². The first-order chi connectivity index (χ1) is 14.6. The third kappa shape index (κ3) is 4.97. The molecule has 6 nitrogen and oxygen atoms in total. The van der Waals surface area contributed by atoms with Crippen molar-refractivity contribution in [2.45, 2.75) is 48.3 Å². The zero-order chi connectivity index (χ0) is 20.9. The van der Waals surface area contributed by atoms with Crippen molar-refractivity contribution in [3.63, 3.8) is 0 Å². The number of hydrogen-bond acceptors (Lipinski definition) is 3. The molecule has 1 atom stereocenters. The SMILES string of the molecule is NC(=O)N[C@H](Cc1c[nH]c2ccccc12)C(=O)Nc1ccc(SC2CCCC2)cc1. The van der Waals surface area contributed by atoms with E-state index in [1.54, 1.807) is 0 Å². The van der Waals surface area contributed by atoms with Crippen LogP contribution in [0.4, 0.5) is 10.5 Å². The molecule has 1 saturated carbocycles. The summed E-state index contributed by atoms with van der Waals surface area (Å²) in [4.78, 5) is 28.8. The van der Waals surface area contributed by atoms with Crippen LogP contribution in [0.25, 0.3) is 10.9 Å². The van der Waals surface area contributed by atoms with Crippen LogP contribution in [-0.2, 0) is 11.2 Å². The van der Waals surface area contributed by atoms with E-state index in [1.165, 1.54) is 30.6 Å². The molecule has 0 spiro atoms. The molecule has 2 aromatic carbocycles. The van der Waals surface area contributed by atoms with E-state index in [0.29, 0.717) is 17.4 Å². The van der Waals surface area contributed by atoms with Crippen LogP contribution in [0, 0.1) is 0 Å². The summed E-state index contributed by atoms with van der Waals surface area (Å²) in [6, 6.07) is 14.2. The Morgan fingerprint density at radius 1 is 1.10 bits per heavy atom. The highest BCUT2D eigenvalue weighted by molar-refractivity contribution is 8.00. The number of rotatable bonds is 7. The number of aromatic amines is 1. The van der Waals surface area contributed by atoms with Gasteiger partial charge in [-0.15, -0.1) is 11.8 Å². The highest BCUT2D eigenvalue weighted by Gasteiger charge is 2.22. The third-order valence-electron chi connectivity index (χ3n) is 5.46. The van der Waals surface area contributed by atoms with Gasteiger partial charge in [-0.2, -0.15) is 0 Å². The molecule has 0 bridgehead atoms. The van der Waals surface area contributed by atoms with Crippen LogP contribution in [0.5, 0.6) is 0 Å². The summed E-state index contributed by atoms with van der Waals surface area (Å²) < 4.78 is 0. The van der Waals surface area contributed by atoms with Gasteiger partial charge in [0.2, 0.25) is 5.91 Å². The molecule has 1 aromatic heterocycles. The van der Waals surface area contributed by atoms with Gasteiger partial charge in [0.05, 0.1) is 0 Å². The lowest BCUT2D eigenvalue weighted by molar-refractivity contribution is -0.117. The number of primary amides is 1. The number of benzene rings is 2. The number of aromatic nitrogens is 1. The van der Waals surface area contributed by atoms with Crippen LogP contribution in [0.1, 0.15) is 31.2 Å². The first kappa shape index (κ1) is 20.3. The fraction of sp³-hybridized carbons (Fsp3) is 0.304. The number of carbonyl (C=O) groups is 2. The molecule has 3 aromatic rings. The number of para-hydroxylation sites is 1. The van der Waals surface area contributed by atoms with E-state index in [1.807, 2.05) is 66.5 Å². The zero-order valence-corrected chi connectivity index (χ0v) is 17.5. The minimum Gasteiger partial charge on any atom is -0.361 e. The lowest BCUT2D eigenvalue weighted by Crippen LogP contribution is -2.47. The van der Waals surface area contributed by atoms with E-state index in [2.05, 4.69) is 15.6 Å². The lowest BCUT2D eigenvalue weighted by atomic mass is 10.0. The van der Waals surface area contributed by atoms with Gasteiger partial charge in [0, 0.05) is 39.4 Å². The molecule has 0 unspecified atom stereocenters. The Kier molecular flexibility index (Phi) is 6.28. The van der Waals surface area contributed by atoms with Crippen LogP contribution >= 0.6 is 11.8 Å². The average Bonchev–Trinajstić information content (AvgIpc) is 3.39. The molecule has 5 N–H and O–H groups in total. The molecule has 3 amide bonds. The maximum atomic E-state index is 12.9. The number of thioether (sulfide) groups is 1. The molecule has 7 heteroatoms. The highest BCUT2D eigenvalue weighted by atomic mass is 32.2. The van der Waals surface area contributed by atoms with E-state index in [9.17, 15) is 9.59 Å². The van der Waals surface area contributed by atoms with Gasteiger partial charge in [0.25, 0.3) is 0 Å². The number of nitrogens with one attached hydrogen (secondary N) is 3. The van der Waals surface area contributed by atoms with Gasteiger partial charge in [-0.1, -0.05) is 31.0 Å². The van der Waals surface area contributed by atoms with Crippen LogP contribution in [-0.4, -0.2) is 28.2 Å². The van der Waals surface area contributed by atoms with Gasteiger partial charge in [0.1, 0.15) is 6.04 Å². The maximum Gasteiger partial charge on any atom is 0.312 e. The number of H-pyrrole nitrogens is 1. The first-order valence-corrected chi connectivity index (χ1v) is 11.1. The Bertz CT molecular complexity index is 1030. The van der Waals surface area contributed by atoms with Gasteiger partial charge < -0.3 is 21.4 Å². The molecule has 1 heterocycles. The third-order valence-corrected chi connectivity index (χ3v) is 6.81. The summed E-state index contributed by atoms with van der Waals surface area (Å²) in [6.45, 7) is 0. The summed E-state index contributed by atoms with van der Waals surface area (Å²) >= 11 is 1.91. The van der Waals surface area contributed by atoms with Gasteiger partial charge in [0.15, 0.2) is 0 Å². The quantitative estimate of drug-likeness (QED) is 0.453. The highest BCUT2D eigenvalue weighted by Crippen LogP contribution is 2.35. The Hall–Kier alpha value is -2.93. The van der Waals surface area contributed by atoms with Crippen LogP contribution in [0.15, 0.2) is 59.6 Å². The molecule has 1 aliphatic rings. The Labute approximate surface area is 180 Å². The monoisotopic (exact) mass is 422 g/mol. The van der Waals surface area contributed by atoms with Crippen LogP contribution in [0.2, 0.25) is 0 Å². The van der Waals surface area contributed by atoms with E-state index in [0.717, 1.165) is 16.5 Å². The number of anilines is 1.